The van der Waals surface area contributed by atoms with Gasteiger partial charge in [-0.05, 0) is 50.2 Å². The van der Waals surface area contributed by atoms with E-state index >= 15 is 0 Å². The van der Waals surface area contributed by atoms with Crippen molar-refractivity contribution in [2.24, 2.45) is 10.7 Å². The van der Waals surface area contributed by atoms with Crippen molar-refractivity contribution in [2.75, 3.05) is 13.7 Å². The zero-order valence-corrected chi connectivity index (χ0v) is 19.3. The fourth-order valence-electron chi connectivity index (χ4n) is 2.74. The molecule has 0 fully saturated rings. The normalized spacial score (nSPS) is 12.2. The first kappa shape index (κ1) is 24.4. The number of amides is 1. The van der Waals surface area contributed by atoms with Crippen LogP contribution < -0.4 is 16.4 Å². The third-order valence-electron chi connectivity index (χ3n) is 4.79. The predicted octanol–water partition coefficient (Wildman–Crippen LogP) is 2.13. The Morgan fingerprint density at radius 2 is 2.09 bits per heavy atom. The second-order valence-electron chi connectivity index (χ2n) is 8.03. The summed E-state index contributed by atoms with van der Waals surface area (Å²) in [6, 6.07) is 5.58. The van der Waals surface area contributed by atoms with Gasteiger partial charge in [-0.15, -0.1) is 0 Å². The third-order valence-corrected chi connectivity index (χ3v) is 4.79. The van der Waals surface area contributed by atoms with Crippen LogP contribution in [0.4, 0.5) is 10.3 Å². The fourth-order valence-corrected chi connectivity index (χ4v) is 2.74. The Morgan fingerprint density at radius 1 is 1.29 bits per heavy atom. The zero-order valence-electron chi connectivity index (χ0n) is 19.3. The Labute approximate surface area is 195 Å². The van der Waals surface area contributed by atoms with E-state index in [0.29, 0.717) is 5.82 Å². The Hall–Kier alpha value is -4.22. The molecule has 0 aliphatic carbocycles. The summed E-state index contributed by atoms with van der Waals surface area (Å²) < 4.78 is 18.1. The number of nitrogens with two attached hydrogens (primary N) is 1. The highest BCUT2D eigenvalue weighted by molar-refractivity contribution is 5.92. The number of hydrogen-bond acceptors (Lipinski definition) is 9. The first-order valence-electron chi connectivity index (χ1n) is 10.4. The van der Waals surface area contributed by atoms with Crippen LogP contribution in [0.1, 0.15) is 41.5 Å². The molecule has 2 heterocycles. The van der Waals surface area contributed by atoms with Gasteiger partial charge in [-0.3, -0.25) is 4.79 Å². The predicted molar refractivity (Wildman–Crippen MR) is 124 cm³/mol. The molecule has 0 aliphatic heterocycles. The number of alkyl halides is 1. The molecule has 178 valence electrons. The number of amidine groups is 1. The average molecular weight is 468 g/mol. The van der Waals surface area contributed by atoms with Crippen LogP contribution in [0, 0.1) is 6.92 Å². The molecule has 4 N–H and O–H groups in total. The van der Waals surface area contributed by atoms with Gasteiger partial charge in [0.2, 0.25) is 5.89 Å². The third kappa shape index (κ3) is 5.97. The van der Waals surface area contributed by atoms with Crippen molar-refractivity contribution in [1.29, 1.82) is 0 Å². The molecular formula is C22H26FN9O2. The molecule has 0 saturated carbocycles. The van der Waals surface area contributed by atoms with Crippen LogP contribution in [-0.2, 0) is 12.0 Å². The average Bonchev–Trinajstić information content (AvgIpc) is 3.33. The van der Waals surface area contributed by atoms with E-state index in [4.69, 9.17) is 10.3 Å². The van der Waals surface area contributed by atoms with Gasteiger partial charge in [0.15, 0.2) is 5.82 Å². The van der Waals surface area contributed by atoms with Gasteiger partial charge in [-0.2, -0.15) is 19.9 Å². The number of rotatable bonds is 9. The first-order valence-corrected chi connectivity index (χ1v) is 10.4. The van der Waals surface area contributed by atoms with Crippen molar-refractivity contribution in [1.82, 2.24) is 35.7 Å². The van der Waals surface area contributed by atoms with E-state index in [1.54, 1.807) is 33.2 Å². The summed E-state index contributed by atoms with van der Waals surface area (Å²) in [5.41, 5.74) is 7.40. The molecule has 11 nitrogen and oxygen atoms in total. The summed E-state index contributed by atoms with van der Waals surface area (Å²) in [5.74, 6) is 0.281. The summed E-state index contributed by atoms with van der Waals surface area (Å²) in [5, 5.41) is 9.22. The van der Waals surface area contributed by atoms with Gasteiger partial charge in [-0.25, -0.2) is 9.37 Å². The Kier molecular flexibility index (Phi) is 7.61. The van der Waals surface area contributed by atoms with Crippen LogP contribution in [0.5, 0.6) is 0 Å². The smallest absolute Gasteiger partial charge is 0.292 e. The highest BCUT2D eigenvalue weighted by atomic mass is 19.1. The minimum absolute atomic E-state index is 0.0709. The van der Waals surface area contributed by atoms with Gasteiger partial charge in [-0.1, -0.05) is 17.3 Å². The zero-order chi connectivity index (χ0) is 24.7. The van der Waals surface area contributed by atoms with Gasteiger partial charge < -0.3 is 20.9 Å². The summed E-state index contributed by atoms with van der Waals surface area (Å²) in [4.78, 5) is 33.1. The lowest BCUT2D eigenvalue weighted by molar-refractivity contribution is 0.0937. The Bertz CT molecular complexity index is 1220. The van der Waals surface area contributed by atoms with Crippen LogP contribution in [0.15, 0.2) is 46.3 Å². The molecule has 34 heavy (non-hydrogen) atoms. The van der Waals surface area contributed by atoms with Gasteiger partial charge >= 0.3 is 0 Å². The number of hydrogen-bond donors (Lipinski definition) is 3. The summed E-state index contributed by atoms with van der Waals surface area (Å²) in [6.07, 6.45) is 4.60. The van der Waals surface area contributed by atoms with Gasteiger partial charge in [0, 0.05) is 19.2 Å². The molecule has 0 radical (unpaired) electrons. The van der Waals surface area contributed by atoms with E-state index < -0.39 is 18.0 Å². The van der Waals surface area contributed by atoms with E-state index in [1.807, 2.05) is 25.1 Å². The maximum absolute atomic E-state index is 13.1. The number of aromatic nitrogens is 5. The summed E-state index contributed by atoms with van der Waals surface area (Å²) >= 11 is 0. The van der Waals surface area contributed by atoms with Crippen molar-refractivity contribution < 1.29 is 13.7 Å². The monoisotopic (exact) mass is 467 g/mol. The molecule has 0 saturated heterocycles. The molecule has 0 spiro atoms. The van der Waals surface area contributed by atoms with Gasteiger partial charge in [0.1, 0.15) is 18.8 Å². The molecule has 3 aromatic rings. The van der Waals surface area contributed by atoms with Crippen LogP contribution in [0.3, 0.4) is 0 Å². The largest absolute Gasteiger partial charge is 0.394 e. The molecule has 3 rings (SSSR count). The van der Waals surface area contributed by atoms with Crippen LogP contribution in [0.25, 0.3) is 11.4 Å². The van der Waals surface area contributed by atoms with E-state index in [1.165, 1.54) is 6.33 Å². The lowest BCUT2D eigenvalue weighted by atomic mass is 9.96. The van der Waals surface area contributed by atoms with Crippen molar-refractivity contribution >= 4 is 17.7 Å². The fraction of sp³-hybridized carbons (Fsp3) is 0.318. The maximum atomic E-state index is 13.1. The second kappa shape index (κ2) is 10.6. The van der Waals surface area contributed by atoms with E-state index in [9.17, 15) is 9.18 Å². The molecule has 12 heteroatoms. The number of aliphatic imine (C=N–C) groups is 1. The maximum Gasteiger partial charge on any atom is 0.292 e. The molecule has 2 aromatic heterocycles. The highest BCUT2D eigenvalue weighted by Gasteiger charge is 2.29. The molecule has 1 amide bonds. The number of halogens is 1. The van der Waals surface area contributed by atoms with Gasteiger partial charge in [0.25, 0.3) is 17.7 Å². The minimum Gasteiger partial charge on any atom is -0.394 e. The van der Waals surface area contributed by atoms with Crippen molar-refractivity contribution in [3.63, 3.8) is 0 Å². The number of carbonyl (C=O) groups excluding carboxylic acids is 1. The Morgan fingerprint density at radius 3 is 2.79 bits per heavy atom. The topological polar surface area (TPSA) is 157 Å². The van der Waals surface area contributed by atoms with Crippen LogP contribution in [0.2, 0.25) is 0 Å². The number of aryl methyl sites for hydroxylation is 1. The van der Waals surface area contributed by atoms with Crippen molar-refractivity contribution in [2.45, 2.75) is 32.7 Å². The quantitative estimate of drug-likeness (QED) is 0.317. The molecule has 0 atom stereocenters. The number of nitrogens with zero attached hydrogens (tertiary/aromatic N) is 6. The summed E-state index contributed by atoms with van der Waals surface area (Å²) in [7, 11) is 1.75. The lowest BCUT2D eigenvalue weighted by Crippen LogP contribution is -2.25. The van der Waals surface area contributed by atoms with Gasteiger partial charge in [0.05, 0.1) is 5.41 Å². The molecular weight excluding hydrogens is 441 g/mol. The lowest BCUT2D eigenvalue weighted by Gasteiger charge is -2.13. The number of benzene rings is 1. The highest BCUT2D eigenvalue weighted by Crippen LogP contribution is 2.22. The molecule has 0 unspecified atom stereocenters. The van der Waals surface area contributed by atoms with E-state index in [2.05, 4.69) is 40.7 Å². The number of nitrogens with one attached hydrogen (secondary N) is 2. The molecule has 0 aliphatic rings. The van der Waals surface area contributed by atoms with E-state index in [0.717, 1.165) is 16.7 Å². The van der Waals surface area contributed by atoms with Crippen LogP contribution in [-0.4, -0.2) is 50.6 Å². The van der Waals surface area contributed by atoms with Crippen molar-refractivity contribution in [3.8, 4) is 11.4 Å². The Balaban J connectivity index is 1.70. The SMILES string of the molecule is CN/C=C\C(N)=Nc1ncnc(-c2ccc(CNC(=O)c3noc(C(C)(C)CF)n3)c(C)c2)n1. The molecule has 0 bridgehead atoms. The van der Waals surface area contributed by atoms with E-state index in [-0.39, 0.29) is 30.0 Å². The molecule has 1 aromatic carbocycles. The number of carbonyl (C=O) groups is 1. The first-order chi connectivity index (χ1) is 16.2. The standard InChI is InChI=1S/C22H26FN9O2/c1-13-9-14(17-27-12-28-21(31-17)29-16(24)7-8-25-4)5-6-15(13)10-26-19(33)18-30-20(34-32-18)22(2,3)11-23/h5-9,12,25H,10-11H2,1-4H3,(H,26,33)(H2,24,27,28,29,31)/b8-7-. The van der Waals surface area contributed by atoms with Crippen LogP contribution >= 0.6 is 0 Å². The minimum atomic E-state index is -0.951. The second-order valence-corrected chi connectivity index (χ2v) is 8.03. The van der Waals surface area contributed by atoms with Crippen molar-refractivity contribution in [3.05, 3.63) is 59.6 Å². The summed E-state index contributed by atoms with van der Waals surface area (Å²) in [6.45, 7) is 4.69.